The molecule has 0 radical (unpaired) electrons. The smallest absolute Gasteiger partial charge is 0.0548 e. The number of para-hydroxylation sites is 2. The van der Waals surface area contributed by atoms with Gasteiger partial charge in [0.1, 0.15) is 0 Å². The maximum Gasteiger partial charge on any atom is 0.0548 e. The second-order valence-electron chi connectivity index (χ2n) is 11.1. The van der Waals surface area contributed by atoms with Crippen LogP contribution >= 0.6 is 15.8 Å². The van der Waals surface area contributed by atoms with E-state index in [1.807, 2.05) is 0 Å². The molecular weight excluding hydrogens is 580 g/mol. The Morgan fingerprint density at radius 1 is 0.311 bits per heavy atom. The van der Waals surface area contributed by atoms with Crippen molar-refractivity contribution in [2.75, 3.05) is 0 Å². The van der Waals surface area contributed by atoms with Crippen molar-refractivity contribution < 1.29 is 0 Å². The van der Waals surface area contributed by atoms with Crippen LogP contribution in [0.5, 0.6) is 0 Å². The van der Waals surface area contributed by atoms with E-state index in [-0.39, 0.29) is 0 Å². The lowest BCUT2D eigenvalue weighted by Crippen LogP contribution is -2.34. The van der Waals surface area contributed by atoms with Crippen LogP contribution in [0.1, 0.15) is 0 Å². The Hall–Kier alpha value is -4.80. The van der Waals surface area contributed by atoms with Crippen molar-refractivity contribution in [2.45, 2.75) is 0 Å². The molecule has 0 aliphatic rings. The van der Waals surface area contributed by atoms with Gasteiger partial charge in [-0.2, -0.15) is 0 Å². The second kappa shape index (κ2) is 12.3. The van der Waals surface area contributed by atoms with Crippen molar-refractivity contribution in [1.29, 1.82) is 0 Å². The molecule has 0 spiro atoms. The molecule has 1 aromatic heterocycles. The summed E-state index contributed by atoms with van der Waals surface area (Å²) in [5.41, 5.74) is 3.66. The normalized spacial score (nSPS) is 11.5. The van der Waals surface area contributed by atoms with Gasteiger partial charge in [0.15, 0.2) is 0 Å². The summed E-state index contributed by atoms with van der Waals surface area (Å²) in [5.74, 6) is 0. The topological polar surface area (TPSA) is 4.93 Å². The highest BCUT2D eigenvalue weighted by Gasteiger charge is 2.28. The van der Waals surface area contributed by atoms with Crippen molar-refractivity contribution in [3.05, 3.63) is 188 Å². The largest absolute Gasteiger partial charge is 0.309 e. The minimum atomic E-state index is -0.861. The summed E-state index contributed by atoms with van der Waals surface area (Å²) in [6.45, 7) is 0. The molecule has 0 fully saturated rings. The Labute approximate surface area is 266 Å². The molecule has 1 nitrogen and oxygen atoms in total. The van der Waals surface area contributed by atoms with Gasteiger partial charge in [0, 0.05) is 16.5 Å². The van der Waals surface area contributed by atoms with Gasteiger partial charge in [0.2, 0.25) is 0 Å². The monoisotopic (exact) mass is 611 g/mol. The zero-order valence-corrected chi connectivity index (χ0v) is 26.5. The average molecular weight is 612 g/mol. The Morgan fingerprint density at radius 2 is 0.689 bits per heavy atom. The minimum Gasteiger partial charge on any atom is -0.309 e. The number of nitrogens with zero attached hydrogens (tertiary/aromatic N) is 1. The van der Waals surface area contributed by atoms with E-state index in [1.165, 1.54) is 59.3 Å². The lowest BCUT2D eigenvalue weighted by Gasteiger charge is -2.28. The number of benzene rings is 7. The standard InChI is InChI=1S/C42H31NP2/c1-6-18-32(19-7-1)43-39-29-17-16-28-37(39)38-30-41(44(33-20-8-2-9-21-33)34-22-10-3-11-23-34)42(31-40(38)43)45(35-24-12-4-13-25-35)36-26-14-5-15-27-36/h1-31H. The quantitative estimate of drug-likeness (QED) is 0.160. The molecule has 0 N–H and O–H groups in total. The van der Waals surface area contributed by atoms with Crippen LogP contribution < -0.4 is 31.8 Å². The molecule has 0 unspecified atom stereocenters. The van der Waals surface area contributed by atoms with Crippen LogP contribution in [-0.4, -0.2) is 4.57 Å². The molecule has 0 saturated carbocycles. The maximum absolute atomic E-state index is 2.54. The molecule has 0 aliphatic heterocycles. The van der Waals surface area contributed by atoms with Crippen LogP contribution in [0, 0.1) is 0 Å². The summed E-state index contributed by atoms with van der Waals surface area (Å²) < 4.78 is 2.45. The third-order valence-corrected chi connectivity index (χ3v) is 13.5. The first-order valence-electron chi connectivity index (χ1n) is 15.3. The fourth-order valence-electron chi connectivity index (χ4n) is 6.37. The summed E-state index contributed by atoms with van der Waals surface area (Å²) >= 11 is 0. The molecule has 214 valence electrons. The average Bonchev–Trinajstić information content (AvgIpc) is 3.44. The number of hydrogen-bond acceptors (Lipinski definition) is 0. The number of fused-ring (bicyclic) bond motifs is 3. The molecule has 0 aliphatic carbocycles. The van der Waals surface area contributed by atoms with Crippen molar-refractivity contribution in [3.63, 3.8) is 0 Å². The summed E-state index contributed by atoms with van der Waals surface area (Å²) in [6.07, 6.45) is 0. The van der Waals surface area contributed by atoms with Gasteiger partial charge in [-0.25, -0.2) is 0 Å². The fraction of sp³-hybridized carbons (Fsp3) is 0. The zero-order chi connectivity index (χ0) is 30.0. The molecule has 3 heteroatoms. The highest BCUT2D eigenvalue weighted by Crippen LogP contribution is 2.42. The Bertz CT molecular complexity index is 2120. The molecule has 0 amide bonds. The van der Waals surface area contributed by atoms with Crippen molar-refractivity contribution in [2.24, 2.45) is 0 Å². The van der Waals surface area contributed by atoms with Gasteiger partial charge < -0.3 is 4.57 Å². The third kappa shape index (κ3) is 5.19. The Kier molecular flexibility index (Phi) is 7.58. The van der Waals surface area contributed by atoms with Crippen molar-refractivity contribution >= 4 is 69.5 Å². The van der Waals surface area contributed by atoms with Gasteiger partial charge in [-0.05, 0) is 78.0 Å². The van der Waals surface area contributed by atoms with Crippen LogP contribution in [0.15, 0.2) is 188 Å². The van der Waals surface area contributed by atoms with E-state index >= 15 is 0 Å². The third-order valence-electron chi connectivity index (χ3n) is 8.32. The maximum atomic E-state index is 2.54. The van der Waals surface area contributed by atoms with Crippen LogP contribution in [0.4, 0.5) is 0 Å². The van der Waals surface area contributed by atoms with Crippen LogP contribution in [0.2, 0.25) is 0 Å². The molecule has 0 saturated heterocycles. The van der Waals surface area contributed by atoms with Gasteiger partial charge in [-0.15, -0.1) is 0 Å². The summed E-state index contributed by atoms with van der Waals surface area (Å²) in [5, 5.41) is 10.9. The van der Waals surface area contributed by atoms with Gasteiger partial charge >= 0.3 is 0 Å². The van der Waals surface area contributed by atoms with E-state index in [4.69, 9.17) is 0 Å². The van der Waals surface area contributed by atoms with E-state index in [0.717, 1.165) is 0 Å². The molecule has 0 bridgehead atoms. The summed E-state index contributed by atoms with van der Waals surface area (Å²) in [4.78, 5) is 0. The first-order valence-corrected chi connectivity index (χ1v) is 18.0. The van der Waals surface area contributed by atoms with Crippen molar-refractivity contribution in [1.82, 2.24) is 4.57 Å². The fourth-order valence-corrected chi connectivity index (χ4v) is 11.7. The molecular formula is C42H31NP2. The summed E-state index contributed by atoms with van der Waals surface area (Å²) in [7, 11) is -1.71. The molecule has 8 rings (SSSR count). The number of hydrogen-bond donors (Lipinski definition) is 0. The van der Waals surface area contributed by atoms with E-state index < -0.39 is 15.8 Å². The predicted molar refractivity (Wildman–Crippen MR) is 198 cm³/mol. The SMILES string of the molecule is c1ccc(-n2c3ccccc3c3cc(P(c4ccccc4)c4ccccc4)c(P(c4ccccc4)c4ccccc4)cc32)cc1. The highest BCUT2D eigenvalue weighted by atomic mass is 31.1. The van der Waals surface area contributed by atoms with Crippen molar-refractivity contribution in [3.8, 4) is 5.69 Å². The molecule has 7 aromatic carbocycles. The molecule has 8 aromatic rings. The Morgan fingerprint density at radius 3 is 1.16 bits per heavy atom. The van der Waals surface area contributed by atoms with E-state index in [2.05, 4.69) is 193 Å². The molecule has 0 atom stereocenters. The Balaban J connectivity index is 1.53. The lowest BCUT2D eigenvalue weighted by molar-refractivity contribution is 1.18. The predicted octanol–water partition coefficient (Wildman–Crippen LogP) is 8.30. The van der Waals surface area contributed by atoms with Crippen LogP contribution in [-0.2, 0) is 0 Å². The van der Waals surface area contributed by atoms with E-state index in [0.29, 0.717) is 0 Å². The molecule has 45 heavy (non-hydrogen) atoms. The second-order valence-corrected chi connectivity index (χ2v) is 15.4. The van der Waals surface area contributed by atoms with Crippen LogP contribution in [0.3, 0.4) is 0 Å². The minimum absolute atomic E-state index is 0.847. The number of rotatable bonds is 7. The van der Waals surface area contributed by atoms with E-state index in [9.17, 15) is 0 Å². The lowest BCUT2D eigenvalue weighted by atomic mass is 10.1. The van der Waals surface area contributed by atoms with Gasteiger partial charge in [-0.1, -0.05) is 158 Å². The summed E-state index contributed by atoms with van der Waals surface area (Å²) in [6, 6.07) is 69.2. The van der Waals surface area contributed by atoms with E-state index in [1.54, 1.807) is 0 Å². The molecule has 1 heterocycles. The number of aromatic nitrogens is 1. The first-order chi connectivity index (χ1) is 22.4. The highest BCUT2D eigenvalue weighted by molar-refractivity contribution is 7.85. The van der Waals surface area contributed by atoms with Gasteiger partial charge in [0.05, 0.1) is 11.0 Å². The zero-order valence-electron chi connectivity index (χ0n) is 24.7. The van der Waals surface area contributed by atoms with Gasteiger partial charge in [-0.3, -0.25) is 0 Å². The first kappa shape index (κ1) is 27.7. The van der Waals surface area contributed by atoms with Crippen LogP contribution in [0.25, 0.3) is 27.5 Å². The van der Waals surface area contributed by atoms with Gasteiger partial charge in [0.25, 0.3) is 0 Å².